The van der Waals surface area contributed by atoms with Gasteiger partial charge in [-0.1, -0.05) is 47.5 Å². The number of anilines is 1. The summed E-state index contributed by atoms with van der Waals surface area (Å²) < 4.78 is 26.3. The highest BCUT2D eigenvalue weighted by Crippen LogP contribution is 2.27. The molecule has 0 fully saturated rings. The lowest BCUT2D eigenvalue weighted by atomic mass is 10.1. The second-order valence-corrected chi connectivity index (χ2v) is 10.9. The third-order valence-electron chi connectivity index (χ3n) is 5.02. The summed E-state index contributed by atoms with van der Waals surface area (Å²) in [6.45, 7) is 6.51. The Kier molecular flexibility index (Phi) is 9.17. The number of aryl methyl sites for hydroxylation is 1. The Bertz CT molecular complexity index is 1120. The Balaban J connectivity index is 2.45. The highest BCUT2D eigenvalue weighted by Gasteiger charge is 2.31. The van der Waals surface area contributed by atoms with Gasteiger partial charge in [-0.25, -0.2) is 8.42 Å². The summed E-state index contributed by atoms with van der Waals surface area (Å²) in [6, 6.07) is 10.8. The molecule has 0 saturated heterocycles. The Labute approximate surface area is 205 Å². The number of rotatable bonds is 9. The lowest BCUT2D eigenvalue weighted by Crippen LogP contribution is -2.52. The van der Waals surface area contributed by atoms with Crippen molar-refractivity contribution >= 4 is 50.7 Å². The number of nitrogens with one attached hydrogen (secondary N) is 1. The second-order valence-electron chi connectivity index (χ2n) is 8.15. The highest BCUT2D eigenvalue weighted by atomic mass is 35.5. The van der Waals surface area contributed by atoms with Gasteiger partial charge >= 0.3 is 0 Å². The van der Waals surface area contributed by atoms with Crippen LogP contribution < -0.4 is 9.62 Å². The average molecular weight is 514 g/mol. The van der Waals surface area contributed by atoms with Crippen molar-refractivity contribution in [3.05, 3.63) is 63.6 Å². The molecule has 2 rings (SSSR count). The molecule has 2 aromatic carbocycles. The minimum atomic E-state index is -3.83. The molecule has 0 heterocycles. The van der Waals surface area contributed by atoms with Gasteiger partial charge < -0.3 is 10.2 Å². The molecule has 33 heavy (non-hydrogen) atoms. The fraction of sp³-hybridized carbons (Fsp3) is 0.391. The zero-order chi connectivity index (χ0) is 24.9. The van der Waals surface area contributed by atoms with Gasteiger partial charge in [0, 0.05) is 22.6 Å². The van der Waals surface area contributed by atoms with Crippen LogP contribution in [-0.4, -0.2) is 50.0 Å². The molecule has 1 unspecified atom stereocenters. The first kappa shape index (κ1) is 27.0. The van der Waals surface area contributed by atoms with Crippen molar-refractivity contribution in [3.8, 4) is 0 Å². The van der Waals surface area contributed by atoms with Gasteiger partial charge in [-0.3, -0.25) is 13.9 Å². The van der Waals surface area contributed by atoms with Crippen molar-refractivity contribution in [1.29, 1.82) is 0 Å². The molecule has 0 aromatic heterocycles. The first-order chi connectivity index (χ1) is 15.3. The molecule has 0 saturated carbocycles. The Morgan fingerprint density at radius 2 is 1.70 bits per heavy atom. The topological polar surface area (TPSA) is 86.8 Å². The molecule has 0 radical (unpaired) electrons. The summed E-state index contributed by atoms with van der Waals surface area (Å²) in [7, 11) is -3.83. The average Bonchev–Trinajstić information content (AvgIpc) is 2.71. The molecule has 180 valence electrons. The molecule has 0 bridgehead atoms. The molecule has 1 atom stereocenters. The number of carbonyl (C=O) groups is 2. The number of carbonyl (C=O) groups excluding carboxylic acids is 2. The molecule has 1 N–H and O–H groups in total. The van der Waals surface area contributed by atoms with Crippen LogP contribution in [0.4, 0.5) is 5.69 Å². The van der Waals surface area contributed by atoms with Gasteiger partial charge in [-0.2, -0.15) is 0 Å². The van der Waals surface area contributed by atoms with Gasteiger partial charge in [0.1, 0.15) is 12.6 Å². The van der Waals surface area contributed by atoms with Gasteiger partial charge in [0.2, 0.25) is 21.8 Å². The van der Waals surface area contributed by atoms with Gasteiger partial charge in [-0.15, -0.1) is 0 Å². The zero-order valence-corrected chi connectivity index (χ0v) is 21.6. The van der Waals surface area contributed by atoms with Crippen molar-refractivity contribution < 1.29 is 18.0 Å². The van der Waals surface area contributed by atoms with E-state index in [1.807, 2.05) is 13.8 Å². The molecule has 10 heteroatoms. The number of halogens is 2. The van der Waals surface area contributed by atoms with E-state index in [0.717, 1.165) is 10.6 Å². The van der Waals surface area contributed by atoms with Crippen LogP contribution in [0, 0.1) is 6.92 Å². The molecular weight excluding hydrogens is 485 g/mol. The minimum Gasteiger partial charge on any atom is -0.352 e. The molecule has 0 aliphatic heterocycles. The van der Waals surface area contributed by atoms with Crippen LogP contribution >= 0.6 is 23.2 Å². The summed E-state index contributed by atoms with van der Waals surface area (Å²) in [5.74, 6) is -0.902. The number of hydrogen-bond donors (Lipinski definition) is 1. The van der Waals surface area contributed by atoms with E-state index >= 15 is 0 Å². The maximum Gasteiger partial charge on any atom is 0.244 e. The van der Waals surface area contributed by atoms with Crippen LogP contribution in [0.2, 0.25) is 10.0 Å². The van der Waals surface area contributed by atoms with Crippen molar-refractivity contribution in [2.24, 2.45) is 0 Å². The molecule has 7 nitrogen and oxygen atoms in total. The first-order valence-electron chi connectivity index (χ1n) is 10.4. The monoisotopic (exact) mass is 513 g/mol. The predicted molar refractivity (Wildman–Crippen MR) is 133 cm³/mol. The largest absolute Gasteiger partial charge is 0.352 e. The fourth-order valence-electron chi connectivity index (χ4n) is 3.24. The summed E-state index contributed by atoms with van der Waals surface area (Å²) in [4.78, 5) is 27.5. The van der Waals surface area contributed by atoms with Crippen LogP contribution in [0.15, 0.2) is 42.5 Å². The van der Waals surface area contributed by atoms with E-state index in [1.165, 1.54) is 11.0 Å². The van der Waals surface area contributed by atoms with E-state index in [4.69, 9.17) is 23.2 Å². The Morgan fingerprint density at radius 3 is 2.27 bits per heavy atom. The molecule has 0 aliphatic rings. The summed E-state index contributed by atoms with van der Waals surface area (Å²) in [6.07, 6.45) is 1.02. The molecular formula is C23H29Cl2N3O4S. The van der Waals surface area contributed by atoms with Gasteiger partial charge in [-0.05, 0) is 57.0 Å². The zero-order valence-electron chi connectivity index (χ0n) is 19.3. The second kappa shape index (κ2) is 11.2. The molecule has 2 aromatic rings. The third kappa shape index (κ3) is 7.35. The quantitative estimate of drug-likeness (QED) is 0.548. The van der Waals surface area contributed by atoms with Gasteiger partial charge in [0.15, 0.2) is 0 Å². The standard InChI is InChI=1S/C23H29Cl2N3O4S/c1-15(2)26-23(30)17(4)27(13-18-8-6-7-9-20(18)25)22(29)14-28(33(5,31)32)21-12-19(24)11-10-16(21)3/h6-12,15,17H,13-14H2,1-5H3,(H,26,30). The minimum absolute atomic E-state index is 0.0390. The third-order valence-corrected chi connectivity index (χ3v) is 6.75. The van der Waals surface area contributed by atoms with Crippen molar-refractivity contribution in [2.45, 2.75) is 46.3 Å². The number of benzene rings is 2. The maximum absolute atomic E-state index is 13.5. The van der Waals surface area contributed by atoms with Crippen molar-refractivity contribution in [2.75, 3.05) is 17.1 Å². The van der Waals surface area contributed by atoms with E-state index < -0.39 is 28.5 Å². The Hall–Kier alpha value is -2.29. The van der Waals surface area contributed by atoms with Crippen LogP contribution in [-0.2, 0) is 26.2 Å². The summed E-state index contributed by atoms with van der Waals surface area (Å²) >= 11 is 12.4. The van der Waals surface area contributed by atoms with Crippen LogP contribution in [0.1, 0.15) is 31.9 Å². The van der Waals surface area contributed by atoms with E-state index in [2.05, 4.69) is 5.32 Å². The Morgan fingerprint density at radius 1 is 1.06 bits per heavy atom. The highest BCUT2D eigenvalue weighted by molar-refractivity contribution is 7.92. The lowest BCUT2D eigenvalue weighted by molar-refractivity contribution is -0.139. The summed E-state index contributed by atoms with van der Waals surface area (Å²) in [5.41, 5.74) is 1.58. The van der Waals surface area contributed by atoms with E-state index in [0.29, 0.717) is 26.9 Å². The van der Waals surface area contributed by atoms with Gasteiger partial charge in [0.25, 0.3) is 0 Å². The maximum atomic E-state index is 13.5. The number of hydrogen-bond acceptors (Lipinski definition) is 4. The SMILES string of the molecule is Cc1ccc(Cl)cc1N(CC(=O)N(Cc1ccccc1Cl)C(C)C(=O)NC(C)C)S(C)(=O)=O. The molecule has 2 amide bonds. The van der Waals surface area contributed by atoms with Crippen molar-refractivity contribution in [3.63, 3.8) is 0 Å². The van der Waals surface area contributed by atoms with Crippen LogP contribution in [0.25, 0.3) is 0 Å². The fourth-order valence-corrected chi connectivity index (χ4v) is 4.50. The van der Waals surface area contributed by atoms with E-state index in [9.17, 15) is 18.0 Å². The number of amides is 2. The normalized spacial score (nSPS) is 12.4. The molecule has 0 spiro atoms. The molecule has 0 aliphatic carbocycles. The number of sulfonamides is 1. The van der Waals surface area contributed by atoms with Crippen LogP contribution in [0.3, 0.4) is 0 Å². The van der Waals surface area contributed by atoms with E-state index in [-0.39, 0.29) is 18.5 Å². The summed E-state index contributed by atoms with van der Waals surface area (Å²) in [5, 5.41) is 3.58. The van der Waals surface area contributed by atoms with Gasteiger partial charge in [0.05, 0.1) is 11.9 Å². The number of nitrogens with zero attached hydrogens (tertiary/aromatic N) is 2. The smallest absolute Gasteiger partial charge is 0.244 e. The van der Waals surface area contributed by atoms with Crippen LogP contribution in [0.5, 0.6) is 0 Å². The van der Waals surface area contributed by atoms with Crippen molar-refractivity contribution in [1.82, 2.24) is 10.2 Å². The van der Waals surface area contributed by atoms with E-state index in [1.54, 1.807) is 50.2 Å². The lowest BCUT2D eigenvalue weighted by Gasteiger charge is -2.32. The first-order valence-corrected chi connectivity index (χ1v) is 13.0. The predicted octanol–water partition coefficient (Wildman–Crippen LogP) is 4.01.